The summed E-state index contributed by atoms with van der Waals surface area (Å²) in [5.41, 5.74) is 0. The van der Waals surface area contributed by atoms with Crippen LogP contribution < -0.4 is 10.6 Å². The van der Waals surface area contributed by atoms with Crippen molar-refractivity contribution in [3.05, 3.63) is 0 Å². The first kappa shape index (κ1) is 18.9. The Hall–Kier alpha value is -1.10. The number of carboxylic acid groups (broad SMARTS) is 1. The summed E-state index contributed by atoms with van der Waals surface area (Å²) in [6, 6.07) is -0.334. The summed E-state index contributed by atoms with van der Waals surface area (Å²) in [6.07, 6.45) is 10.1. The van der Waals surface area contributed by atoms with E-state index in [4.69, 9.17) is 5.11 Å². The maximum atomic E-state index is 11.5. The molecule has 0 bridgehead atoms. The van der Waals surface area contributed by atoms with Crippen molar-refractivity contribution in [3.63, 3.8) is 0 Å². The molecule has 20 heavy (non-hydrogen) atoms. The van der Waals surface area contributed by atoms with Crippen LogP contribution in [-0.4, -0.2) is 36.1 Å². The minimum absolute atomic E-state index is 0.257. The number of unbranched alkanes of at least 4 members (excludes halogenated alkanes) is 7. The van der Waals surface area contributed by atoms with Crippen LogP contribution in [0.1, 0.15) is 65.2 Å². The number of nitrogens with one attached hydrogen (secondary N) is 2. The smallest absolute Gasteiger partial charge is 0.322 e. The first-order valence-corrected chi connectivity index (χ1v) is 7.80. The molecule has 0 aliphatic rings. The number of amides is 1. The van der Waals surface area contributed by atoms with Gasteiger partial charge in [0.25, 0.3) is 0 Å². The van der Waals surface area contributed by atoms with Gasteiger partial charge in [0, 0.05) is 0 Å². The van der Waals surface area contributed by atoms with E-state index in [2.05, 4.69) is 17.6 Å². The van der Waals surface area contributed by atoms with E-state index in [9.17, 15) is 9.59 Å². The van der Waals surface area contributed by atoms with Gasteiger partial charge in [-0.25, -0.2) is 0 Å². The van der Waals surface area contributed by atoms with E-state index in [1.807, 2.05) is 0 Å². The van der Waals surface area contributed by atoms with Crippen molar-refractivity contribution in [3.8, 4) is 0 Å². The van der Waals surface area contributed by atoms with Gasteiger partial charge in [0.2, 0.25) is 5.91 Å². The first-order valence-electron chi connectivity index (χ1n) is 7.80. The molecule has 0 heterocycles. The number of carboxylic acids is 1. The molecule has 1 amide bonds. The lowest BCUT2D eigenvalue weighted by Gasteiger charge is -2.13. The second-order valence-electron chi connectivity index (χ2n) is 5.26. The Morgan fingerprint density at radius 1 is 1.00 bits per heavy atom. The summed E-state index contributed by atoms with van der Waals surface area (Å²) in [4.78, 5) is 21.8. The van der Waals surface area contributed by atoms with Crippen LogP contribution in [-0.2, 0) is 9.59 Å². The molecule has 118 valence electrons. The summed E-state index contributed by atoms with van der Waals surface area (Å²) in [7, 11) is 0. The van der Waals surface area contributed by atoms with Crippen molar-refractivity contribution in [1.82, 2.24) is 10.6 Å². The Morgan fingerprint density at radius 3 is 2.10 bits per heavy atom. The van der Waals surface area contributed by atoms with Gasteiger partial charge in [-0.2, -0.15) is 0 Å². The van der Waals surface area contributed by atoms with E-state index in [1.165, 1.54) is 44.9 Å². The summed E-state index contributed by atoms with van der Waals surface area (Å²) < 4.78 is 0. The average Bonchev–Trinajstić information content (AvgIpc) is 2.42. The van der Waals surface area contributed by atoms with Crippen molar-refractivity contribution in [1.29, 1.82) is 0 Å². The van der Waals surface area contributed by atoms with Gasteiger partial charge in [-0.1, -0.05) is 51.9 Å². The molecule has 0 fully saturated rings. The molecule has 0 aromatic heterocycles. The van der Waals surface area contributed by atoms with Crippen molar-refractivity contribution < 1.29 is 14.7 Å². The molecule has 0 saturated carbocycles. The van der Waals surface area contributed by atoms with Crippen molar-refractivity contribution >= 4 is 11.9 Å². The fourth-order valence-electron chi connectivity index (χ4n) is 1.99. The minimum Gasteiger partial charge on any atom is -0.480 e. The van der Waals surface area contributed by atoms with Crippen LogP contribution in [0.15, 0.2) is 0 Å². The van der Waals surface area contributed by atoms with Gasteiger partial charge in [-0.15, -0.1) is 0 Å². The maximum Gasteiger partial charge on any atom is 0.322 e. The maximum absolute atomic E-state index is 11.5. The molecule has 0 spiro atoms. The largest absolute Gasteiger partial charge is 0.480 e. The number of carbonyl (C=O) groups excluding carboxylic acids is 1. The Kier molecular flexibility index (Phi) is 12.2. The average molecular weight is 286 g/mol. The summed E-state index contributed by atoms with van der Waals surface area (Å²) in [5, 5.41) is 13.9. The van der Waals surface area contributed by atoms with Gasteiger partial charge >= 0.3 is 5.97 Å². The van der Waals surface area contributed by atoms with Crippen LogP contribution in [0.4, 0.5) is 0 Å². The molecule has 5 nitrogen and oxygen atoms in total. The van der Waals surface area contributed by atoms with E-state index in [0.717, 1.165) is 13.0 Å². The topological polar surface area (TPSA) is 78.4 Å². The van der Waals surface area contributed by atoms with Gasteiger partial charge in [0.05, 0.1) is 6.04 Å². The van der Waals surface area contributed by atoms with Gasteiger partial charge in [-0.05, 0) is 19.9 Å². The van der Waals surface area contributed by atoms with Gasteiger partial charge < -0.3 is 15.7 Å². The monoisotopic (exact) mass is 286 g/mol. The Morgan fingerprint density at radius 2 is 1.55 bits per heavy atom. The predicted molar refractivity (Wildman–Crippen MR) is 80.7 cm³/mol. The first-order chi connectivity index (χ1) is 9.57. The van der Waals surface area contributed by atoms with Crippen molar-refractivity contribution in [2.24, 2.45) is 0 Å². The van der Waals surface area contributed by atoms with E-state index < -0.39 is 5.97 Å². The summed E-state index contributed by atoms with van der Waals surface area (Å²) in [6.45, 7) is 4.46. The fraction of sp³-hybridized carbons (Fsp3) is 0.867. The molecule has 0 rings (SSSR count). The highest BCUT2D eigenvalue weighted by atomic mass is 16.4. The third-order valence-corrected chi connectivity index (χ3v) is 3.29. The lowest BCUT2D eigenvalue weighted by molar-refractivity contribution is -0.138. The molecule has 0 aromatic rings. The van der Waals surface area contributed by atoms with Crippen LogP contribution in [0.5, 0.6) is 0 Å². The van der Waals surface area contributed by atoms with Crippen LogP contribution >= 0.6 is 0 Å². The highest BCUT2D eigenvalue weighted by Crippen LogP contribution is 2.07. The van der Waals surface area contributed by atoms with Crippen LogP contribution in [0.3, 0.4) is 0 Å². The molecule has 5 heteroatoms. The molecule has 0 radical (unpaired) electrons. The lowest BCUT2D eigenvalue weighted by Crippen LogP contribution is -2.44. The van der Waals surface area contributed by atoms with Crippen LogP contribution in [0, 0.1) is 0 Å². The lowest BCUT2D eigenvalue weighted by atomic mass is 10.1. The van der Waals surface area contributed by atoms with Crippen molar-refractivity contribution in [2.45, 2.75) is 71.3 Å². The molecule has 3 N–H and O–H groups in total. The molecule has 0 aliphatic heterocycles. The van der Waals surface area contributed by atoms with E-state index in [-0.39, 0.29) is 18.5 Å². The number of aliphatic carboxylic acids is 1. The minimum atomic E-state index is -1.02. The van der Waals surface area contributed by atoms with Gasteiger partial charge in [0.15, 0.2) is 0 Å². The van der Waals surface area contributed by atoms with E-state index in [1.54, 1.807) is 6.92 Å². The van der Waals surface area contributed by atoms with Crippen LogP contribution in [0.25, 0.3) is 0 Å². The van der Waals surface area contributed by atoms with Crippen molar-refractivity contribution in [2.75, 3.05) is 13.1 Å². The molecule has 0 saturated heterocycles. The number of hydrogen-bond donors (Lipinski definition) is 3. The quantitative estimate of drug-likeness (QED) is 0.454. The zero-order chi connectivity index (χ0) is 15.2. The molecule has 1 unspecified atom stereocenters. The normalized spacial score (nSPS) is 12.1. The second kappa shape index (κ2) is 12.9. The van der Waals surface area contributed by atoms with Gasteiger partial charge in [-0.3, -0.25) is 9.59 Å². The van der Waals surface area contributed by atoms with Crippen LogP contribution in [0.2, 0.25) is 0 Å². The highest BCUT2D eigenvalue weighted by Gasteiger charge is 2.11. The third kappa shape index (κ3) is 12.0. The molecular weight excluding hydrogens is 256 g/mol. The fourth-order valence-corrected chi connectivity index (χ4v) is 1.99. The third-order valence-electron chi connectivity index (χ3n) is 3.29. The second-order valence-corrected chi connectivity index (χ2v) is 5.26. The van der Waals surface area contributed by atoms with E-state index >= 15 is 0 Å². The standard InChI is InChI=1S/C15H30N2O3/c1-3-4-5-6-7-8-9-10-11-16-13(2)15(20)17-12-14(18)19/h13,16H,3-12H2,1-2H3,(H,17,20)(H,18,19). The zero-order valence-corrected chi connectivity index (χ0v) is 12.9. The summed E-state index contributed by atoms with van der Waals surface area (Å²) in [5.74, 6) is -1.28. The Balaban J connectivity index is 3.36. The Labute approximate surface area is 122 Å². The number of carbonyl (C=O) groups is 2. The Bertz CT molecular complexity index is 270. The summed E-state index contributed by atoms with van der Waals surface area (Å²) >= 11 is 0. The van der Waals surface area contributed by atoms with E-state index in [0.29, 0.717) is 0 Å². The SMILES string of the molecule is CCCCCCCCCCNC(C)C(=O)NCC(=O)O. The molecular formula is C15H30N2O3. The molecule has 1 atom stereocenters. The highest BCUT2D eigenvalue weighted by molar-refractivity contribution is 5.84. The zero-order valence-electron chi connectivity index (χ0n) is 12.9. The number of hydrogen-bond acceptors (Lipinski definition) is 3. The van der Waals surface area contributed by atoms with Gasteiger partial charge in [0.1, 0.15) is 6.54 Å². The molecule has 0 aliphatic carbocycles. The number of rotatable bonds is 13. The molecule has 0 aromatic carbocycles. The predicted octanol–water partition coefficient (Wildman–Crippen LogP) is 2.31.